The molecule has 0 aromatic carbocycles. The molecule has 0 spiro atoms. The molecule has 0 amide bonds. The summed E-state index contributed by atoms with van der Waals surface area (Å²) in [4.78, 5) is 28.1. The van der Waals surface area contributed by atoms with Crippen molar-refractivity contribution in [3.63, 3.8) is 0 Å². The first-order chi connectivity index (χ1) is 16.2. The highest BCUT2D eigenvalue weighted by molar-refractivity contribution is 7.53. The fourth-order valence-electron chi connectivity index (χ4n) is 4.07. The van der Waals surface area contributed by atoms with Crippen molar-refractivity contribution in [3.05, 3.63) is 11.4 Å². The van der Waals surface area contributed by atoms with E-state index < -0.39 is 31.9 Å². The van der Waals surface area contributed by atoms with Gasteiger partial charge in [-0.15, -0.1) is 0 Å². The molecule has 0 radical (unpaired) electrons. The van der Waals surface area contributed by atoms with Crippen LogP contribution >= 0.6 is 7.60 Å². The lowest BCUT2D eigenvalue weighted by Gasteiger charge is -2.29. The minimum atomic E-state index is -4.67. The first-order valence-electron chi connectivity index (χ1n) is 11.7. The van der Waals surface area contributed by atoms with Gasteiger partial charge in [-0.25, -0.2) is 9.97 Å². The van der Waals surface area contributed by atoms with E-state index in [1.165, 1.54) is 13.1 Å². The minimum Gasteiger partial charge on any atom is -0.396 e. The van der Waals surface area contributed by atoms with E-state index in [1.54, 1.807) is 0 Å². The number of aliphatic hydroxyl groups excluding tert-OH is 2. The number of nitrogens with zero attached hydrogens (tertiary/aromatic N) is 2. The van der Waals surface area contributed by atoms with Crippen molar-refractivity contribution in [1.82, 2.24) is 9.97 Å². The molecular formula is C21H36N5O7P. The molecule has 1 saturated carbocycles. The molecule has 2 heterocycles. The summed E-state index contributed by atoms with van der Waals surface area (Å²) >= 11 is 0. The van der Waals surface area contributed by atoms with Crippen molar-refractivity contribution in [3.8, 4) is 0 Å². The van der Waals surface area contributed by atoms with Crippen molar-refractivity contribution >= 4 is 25.4 Å². The third-order valence-corrected chi connectivity index (χ3v) is 7.79. The van der Waals surface area contributed by atoms with Crippen molar-refractivity contribution in [2.24, 2.45) is 0 Å². The van der Waals surface area contributed by atoms with Crippen LogP contribution in [0.5, 0.6) is 0 Å². The Morgan fingerprint density at radius 2 is 1.85 bits per heavy atom. The van der Waals surface area contributed by atoms with E-state index in [0.717, 1.165) is 25.7 Å². The summed E-state index contributed by atoms with van der Waals surface area (Å²) in [5.74, 6) is 1.60. The van der Waals surface area contributed by atoms with E-state index in [2.05, 4.69) is 20.6 Å². The fraction of sp³-hybridized carbons (Fsp3) is 0.762. The van der Waals surface area contributed by atoms with Crippen LogP contribution in [0.3, 0.4) is 0 Å². The molecule has 192 valence electrons. The Morgan fingerprint density at radius 1 is 1.18 bits per heavy atom. The maximum absolute atomic E-state index is 11.6. The van der Waals surface area contributed by atoms with Crippen LogP contribution in [0.4, 0.5) is 11.6 Å². The van der Waals surface area contributed by atoms with Gasteiger partial charge in [0.1, 0.15) is 23.7 Å². The molecule has 13 heteroatoms. The van der Waals surface area contributed by atoms with E-state index in [9.17, 15) is 24.6 Å². The van der Waals surface area contributed by atoms with Crippen LogP contribution in [0.1, 0.15) is 63.3 Å². The van der Waals surface area contributed by atoms with Gasteiger partial charge in [0, 0.05) is 25.3 Å². The SMILES string of the molecule is CC(CO)(OC[C@@H]1CC[C@H](Nc2nc(CCCO)nc(NC3CCCC3)c2C=N)O1)P(=O)(O)O. The lowest BCUT2D eigenvalue weighted by molar-refractivity contribution is -0.0726. The third kappa shape index (κ3) is 6.72. The van der Waals surface area contributed by atoms with E-state index in [1.807, 2.05) is 0 Å². The van der Waals surface area contributed by atoms with Gasteiger partial charge in [0.15, 0.2) is 5.34 Å². The Bertz CT molecular complexity index is 879. The second-order valence-electron chi connectivity index (χ2n) is 9.00. The second kappa shape index (κ2) is 11.9. The van der Waals surface area contributed by atoms with Gasteiger partial charge < -0.3 is 45.5 Å². The highest BCUT2D eigenvalue weighted by atomic mass is 31.2. The van der Waals surface area contributed by atoms with Gasteiger partial charge in [0.05, 0.1) is 24.9 Å². The summed E-state index contributed by atoms with van der Waals surface area (Å²) in [6.07, 6.45) is 6.93. The molecule has 1 unspecified atom stereocenters. The van der Waals surface area contributed by atoms with Gasteiger partial charge in [-0.3, -0.25) is 4.57 Å². The number of aromatic nitrogens is 2. The number of hydrogen-bond donors (Lipinski definition) is 7. The molecule has 1 saturated heterocycles. The Labute approximate surface area is 199 Å². The predicted octanol–water partition coefficient (Wildman–Crippen LogP) is 1.57. The van der Waals surface area contributed by atoms with Crippen LogP contribution in [0.25, 0.3) is 0 Å². The van der Waals surface area contributed by atoms with Crippen LogP contribution in [-0.4, -0.2) is 79.7 Å². The Morgan fingerprint density at radius 3 is 2.44 bits per heavy atom. The Balaban J connectivity index is 1.70. The number of aliphatic hydroxyl groups is 2. The summed E-state index contributed by atoms with van der Waals surface area (Å²) in [6, 6.07) is 0.297. The van der Waals surface area contributed by atoms with E-state index >= 15 is 0 Å². The topological polar surface area (TPSA) is 190 Å². The quantitative estimate of drug-likeness (QED) is 0.153. The fourth-order valence-corrected chi connectivity index (χ4v) is 4.49. The standard InChI is InChI=1S/C21H36N5O7P/c1-21(13-28,34(29,30)31)32-12-15-8-9-18(33-15)26-20-16(11-22)19(23-14-5-2-3-6-14)24-17(25-20)7-4-10-27/h11,14-15,18,22,27-28H,2-10,12-13H2,1H3,(H2,29,30,31)(H2,23,24,25,26)/t15-,18+,21?/m0/s1. The van der Waals surface area contributed by atoms with Crippen LogP contribution < -0.4 is 10.6 Å². The van der Waals surface area contributed by atoms with Gasteiger partial charge in [0.25, 0.3) is 0 Å². The molecule has 34 heavy (non-hydrogen) atoms. The zero-order chi connectivity index (χ0) is 24.8. The summed E-state index contributed by atoms with van der Waals surface area (Å²) in [7, 11) is -4.67. The Hall–Kier alpha value is -1.66. The first kappa shape index (κ1) is 26.9. The van der Waals surface area contributed by atoms with Crippen LogP contribution in [-0.2, 0) is 20.5 Å². The predicted molar refractivity (Wildman–Crippen MR) is 126 cm³/mol. The number of aryl methyl sites for hydroxylation is 1. The number of ether oxygens (including phenoxy) is 2. The molecule has 0 bridgehead atoms. The van der Waals surface area contributed by atoms with Gasteiger partial charge in [-0.1, -0.05) is 12.8 Å². The largest absolute Gasteiger partial charge is 0.396 e. The lowest BCUT2D eigenvalue weighted by Crippen LogP contribution is -2.36. The highest BCUT2D eigenvalue weighted by Gasteiger charge is 2.44. The molecule has 1 aliphatic heterocycles. The zero-order valence-electron chi connectivity index (χ0n) is 19.4. The molecule has 2 aliphatic rings. The summed E-state index contributed by atoms with van der Waals surface area (Å²) < 4.78 is 22.9. The molecule has 3 atom stereocenters. The molecule has 1 aliphatic carbocycles. The smallest absolute Gasteiger partial charge is 0.359 e. The Kier molecular flexibility index (Phi) is 9.39. The van der Waals surface area contributed by atoms with E-state index in [4.69, 9.17) is 14.9 Å². The molecule has 12 nitrogen and oxygen atoms in total. The van der Waals surface area contributed by atoms with Gasteiger partial charge in [-0.05, 0) is 39.0 Å². The molecule has 7 N–H and O–H groups in total. The number of rotatable bonds is 13. The van der Waals surface area contributed by atoms with Crippen LogP contribution in [0, 0.1) is 5.41 Å². The summed E-state index contributed by atoms with van der Waals surface area (Å²) in [6.45, 7) is 0.293. The van der Waals surface area contributed by atoms with Crippen LogP contribution in [0.2, 0.25) is 0 Å². The molecule has 3 rings (SSSR count). The van der Waals surface area contributed by atoms with Gasteiger partial charge in [0.2, 0.25) is 0 Å². The maximum atomic E-state index is 11.6. The third-order valence-electron chi connectivity index (χ3n) is 6.29. The van der Waals surface area contributed by atoms with E-state index in [0.29, 0.717) is 54.7 Å². The van der Waals surface area contributed by atoms with Gasteiger partial charge >= 0.3 is 7.60 Å². The normalized spacial score (nSPS) is 23.1. The van der Waals surface area contributed by atoms with Crippen molar-refractivity contribution < 1.29 is 34.0 Å². The number of anilines is 2. The molecular weight excluding hydrogens is 465 g/mol. The van der Waals surface area contributed by atoms with Gasteiger partial charge in [-0.2, -0.15) is 0 Å². The van der Waals surface area contributed by atoms with Crippen molar-refractivity contribution in [1.29, 1.82) is 5.41 Å². The number of nitrogens with one attached hydrogen (secondary N) is 3. The molecule has 1 aromatic rings. The second-order valence-corrected chi connectivity index (χ2v) is 11.0. The first-order valence-corrected chi connectivity index (χ1v) is 13.3. The maximum Gasteiger partial charge on any atom is 0.359 e. The number of hydrogen-bond acceptors (Lipinski definition) is 10. The minimum absolute atomic E-state index is 0.0264. The zero-order valence-corrected chi connectivity index (χ0v) is 20.3. The summed E-state index contributed by atoms with van der Waals surface area (Å²) in [5.41, 5.74) is 0.525. The molecule has 2 fully saturated rings. The monoisotopic (exact) mass is 501 g/mol. The van der Waals surface area contributed by atoms with Crippen molar-refractivity contribution in [2.45, 2.75) is 82.0 Å². The average molecular weight is 502 g/mol. The lowest BCUT2D eigenvalue weighted by atomic mass is 10.2. The average Bonchev–Trinajstić information content (AvgIpc) is 3.47. The van der Waals surface area contributed by atoms with Crippen molar-refractivity contribution in [2.75, 3.05) is 30.5 Å². The molecule has 1 aromatic heterocycles. The van der Waals surface area contributed by atoms with E-state index in [-0.39, 0.29) is 13.2 Å². The summed E-state index contributed by atoms with van der Waals surface area (Å²) in [5, 5.41) is 31.2. The highest BCUT2D eigenvalue weighted by Crippen LogP contribution is 2.50. The van der Waals surface area contributed by atoms with Crippen LogP contribution in [0.15, 0.2) is 0 Å².